The van der Waals surface area contributed by atoms with Gasteiger partial charge < -0.3 is 10.2 Å². The van der Waals surface area contributed by atoms with Gasteiger partial charge in [0, 0.05) is 23.9 Å². The Morgan fingerprint density at radius 2 is 1.78 bits per heavy atom. The molecule has 0 aliphatic heterocycles. The van der Waals surface area contributed by atoms with Crippen molar-refractivity contribution >= 4 is 27.7 Å². The lowest BCUT2D eigenvalue weighted by atomic mass is 9.96. The van der Waals surface area contributed by atoms with Gasteiger partial charge in [-0.05, 0) is 43.6 Å². The third-order valence-electron chi connectivity index (χ3n) is 5.36. The highest BCUT2D eigenvalue weighted by Gasteiger charge is 2.17. The second-order valence-electron chi connectivity index (χ2n) is 6.90. The predicted octanol–water partition coefficient (Wildman–Crippen LogP) is 4.33. The molecule has 0 aliphatic rings. The lowest BCUT2D eigenvalue weighted by molar-refractivity contribution is 0.0950. The van der Waals surface area contributed by atoms with Crippen LogP contribution in [-0.4, -0.2) is 42.0 Å². The largest absolute Gasteiger partial charge is 0.351 e. The van der Waals surface area contributed by atoms with Crippen LogP contribution in [0.4, 0.5) is 0 Å². The van der Waals surface area contributed by atoms with Crippen molar-refractivity contribution in [1.82, 2.24) is 15.2 Å². The van der Waals surface area contributed by atoms with Crippen LogP contribution in [-0.2, 0) is 6.42 Å². The van der Waals surface area contributed by atoms with Gasteiger partial charge in [0.05, 0.1) is 16.6 Å². The van der Waals surface area contributed by atoms with Crippen LogP contribution in [0.1, 0.15) is 42.3 Å². The van der Waals surface area contributed by atoms with E-state index in [0.717, 1.165) is 48.0 Å². The van der Waals surface area contributed by atoms with E-state index in [1.807, 2.05) is 31.2 Å². The van der Waals surface area contributed by atoms with Gasteiger partial charge in [-0.2, -0.15) is 0 Å². The van der Waals surface area contributed by atoms with Crippen molar-refractivity contribution in [2.75, 3.05) is 26.2 Å². The molecule has 3 rings (SSSR count). The van der Waals surface area contributed by atoms with Crippen molar-refractivity contribution in [2.45, 2.75) is 34.1 Å². The molecule has 142 valence electrons. The summed E-state index contributed by atoms with van der Waals surface area (Å²) < 4.78 is 0. The van der Waals surface area contributed by atoms with Crippen LogP contribution in [0.3, 0.4) is 0 Å². The average molecular weight is 364 g/mol. The minimum atomic E-state index is -0.0323. The summed E-state index contributed by atoms with van der Waals surface area (Å²) in [5.41, 5.74) is 4.68. The highest BCUT2D eigenvalue weighted by Crippen LogP contribution is 2.29. The molecular formula is C23H29N3O. The number of aromatic nitrogens is 1. The Bertz CT molecular complexity index is 961. The van der Waals surface area contributed by atoms with Crippen molar-refractivity contribution in [3.05, 3.63) is 53.1 Å². The number of carbonyl (C=O) groups excluding carboxylic acids is 1. The van der Waals surface area contributed by atoms with Crippen LogP contribution in [0, 0.1) is 6.92 Å². The zero-order chi connectivity index (χ0) is 19.4. The maximum absolute atomic E-state index is 13.0. The molecule has 0 unspecified atom stereocenters. The lowest BCUT2D eigenvalue weighted by Crippen LogP contribution is -2.35. The molecule has 0 bridgehead atoms. The van der Waals surface area contributed by atoms with E-state index in [1.165, 1.54) is 10.9 Å². The van der Waals surface area contributed by atoms with Crippen LogP contribution in [0.5, 0.6) is 0 Å². The fourth-order valence-electron chi connectivity index (χ4n) is 3.77. The monoisotopic (exact) mass is 363 g/mol. The van der Waals surface area contributed by atoms with E-state index in [0.29, 0.717) is 12.1 Å². The molecule has 0 saturated heterocycles. The predicted molar refractivity (Wildman–Crippen MR) is 113 cm³/mol. The Balaban J connectivity index is 2.03. The molecule has 1 aromatic heterocycles. The van der Waals surface area contributed by atoms with Gasteiger partial charge in [0.1, 0.15) is 0 Å². The highest BCUT2D eigenvalue weighted by molar-refractivity contribution is 6.10. The molecule has 4 nitrogen and oxygen atoms in total. The number of nitrogens with zero attached hydrogens (tertiary/aromatic N) is 2. The van der Waals surface area contributed by atoms with Gasteiger partial charge in [0.15, 0.2) is 0 Å². The first-order chi connectivity index (χ1) is 13.1. The van der Waals surface area contributed by atoms with Gasteiger partial charge in [-0.15, -0.1) is 0 Å². The molecule has 0 radical (unpaired) electrons. The molecule has 1 heterocycles. The number of likely N-dealkylation sites (N-methyl/N-ethyl adjacent to an activating group) is 1. The Hall–Kier alpha value is -2.46. The maximum Gasteiger partial charge on any atom is 0.253 e. The van der Waals surface area contributed by atoms with E-state index in [9.17, 15) is 4.79 Å². The number of pyridine rings is 1. The molecule has 27 heavy (non-hydrogen) atoms. The summed E-state index contributed by atoms with van der Waals surface area (Å²) in [6, 6.07) is 12.3. The number of nitrogens with one attached hydrogen (secondary N) is 1. The van der Waals surface area contributed by atoms with Gasteiger partial charge in [0.2, 0.25) is 0 Å². The third-order valence-corrected chi connectivity index (χ3v) is 5.36. The summed E-state index contributed by atoms with van der Waals surface area (Å²) in [6.45, 7) is 11.9. The fraction of sp³-hybridized carbons (Fsp3) is 0.391. The molecule has 4 heteroatoms. The average Bonchev–Trinajstić information content (AvgIpc) is 2.69. The quantitative estimate of drug-likeness (QED) is 0.636. The van der Waals surface area contributed by atoms with Gasteiger partial charge in [0.25, 0.3) is 5.91 Å². The van der Waals surface area contributed by atoms with Crippen LogP contribution in [0.2, 0.25) is 0 Å². The van der Waals surface area contributed by atoms with Crippen LogP contribution >= 0.6 is 0 Å². The molecule has 0 aliphatic carbocycles. The number of aryl methyl sites for hydroxylation is 2. The second-order valence-corrected chi connectivity index (χ2v) is 6.90. The molecule has 1 amide bonds. The van der Waals surface area contributed by atoms with E-state index in [-0.39, 0.29) is 5.91 Å². The molecule has 0 saturated carbocycles. The van der Waals surface area contributed by atoms with Gasteiger partial charge in [-0.25, -0.2) is 4.98 Å². The normalized spacial score (nSPS) is 11.4. The second kappa shape index (κ2) is 8.49. The minimum Gasteiger partial charge on any atom is -0.351 e. The number of carbonyl (C=O) groups is 1. The Labute approximate surface area is 161 Å². The fourth-order valence-corrected chi connectivity index (χ4v) is 3.77. The highest BCUT2D eigenvalue weighted by atomic mass is 16.1. The van der Waals surface area contributed by atoms with Gasteiger partial charge >= 0.3 is 0 Å². The first kappa shape index (κ1) is 19.3. The first-order valence-corrected chi connectivity index (χ1v) is 9.92. The topological polar surface area (TPSA) is 45.2 Å². The summed E-state index contributed by atoms with van der Waals surface area (Å²) in [6.07, 6.45) is 0.908. The maximum atomic E-state index is 13.0. The first-order valence-electron chi connectivity index (χ1n) is 9.92. The van der Waals surface area contributed by atoms with Crippen LogP contribution < -0.4 is 5.32 Å². The molecular weight excluding hydrogens is 334 g/mol. The summed E-state index contributed by atoms with van der Waals surface area (Å²) in [7, 11) is 0. The molecule has 0 spiro atoms. The summed E-state index contributed by atoms with van der Waals surface area (Å²) in [5, 5.41) is 5.35. The van der Waals surface area contributed by atoms with Crippen molar-refractivity contribution in [3.63, 3.8) is 0 Å². The smallest absolute Gasteiger partial charge is 0.253 e. The van der Waals surface area contributed by atoms with Gasteiger partial charge in [-0.1, -0.05) is 51.1 Å². The minimum absolute atomic E-state index is 0.0323. The lowest BCUT2D eigenvalue weighted by Gasteiger charge is -2.19. The Kier molecular flexibility index (Phi) is 6.07. The summed E-state index contributed by atoms with van der Waals surface area (Å²) in [4.78, 5) is 20.2. The van der Waals surface area contributed by atoms with Crippen molar-refractivity contribution in [1.29, 1.82) is 0 Å². The molecule has 1 N–H and O–H groups in total. The number of benzene rings is 2. The standard InChI is InChI=1S/C23H29N3O/c1-5-17-18-10-8-9-11-20(18)25-22-19(17)13-12-16(4)21(22)23(27)24-14-15-26(6-2)7-3/h8-13H,5-7,14-15H2,1-4H3,(H,24,27). The van der Waals surface area contributed by atoms with Crippen LogP contribution in [0.15, 0.2) is 36.4 Å². The van der Waals surface area contributed by atoms with Crippen molar-refractivity contribution < 1.29 is 4.79 Å². The van der Waals surface area contributed by atoms with E-state index in [4.69, 9.17) is 4.98 Å². The SMILES string of the molecule is CCc1c2ccccc2nc2c(C(=O)NCCN(CC)CC)c(C)ccc12. The zero-order valence-electron chi connectivity index (χ0n) is 16.8. The van der Waals surface area contributed by atoms with E-state index in [2.05, 4.69) is 43.1 Å². The molecule has 2 aromatic carbocycles. The van der Waals surface area contributed by atoms with Crippen molar-refractivity contribution in [3.8, 4) is 0 Å². The molecule has 3 aromatic rings. The summed E-state index contributed by atoms with van der Waals surface area (Å²) in [5.74, 6) is -0.0323. The summed E-state index contributed by atoms with van der Waals surface area (Å²) >= 11 is 0. The number of amides is 1. The van der Waals surface area contributed by atoms with E-state index in [1.54, 1.807) is 0 Å². The Morgan fingerprint density at radius 3 is 2.48 bits per heavy atom. The number of rotatable bonds is 7. The number of hydrogen-bond donors (Lipinski definition) is 1. The van der Waals surface area contributed by atoms with Crippen molar-refractivity contribution in [2.24, 2.45) is 0 Å². The number of para-hydroxylation sites is 1. The number of fused-ring (bicyclic) bond motifs is 2. The molecule has 0 fully saturated rings. The zero-order valence-corrected chi connectivity index (χ0v) is 16.8. The van der Waals surface area contributed by atoms with Gasteiger partial charge in [-0.3, -0.25) is 4.79 Å². The number of hydrogen-bond acceptors (Lipinski definition) is 3. The molecule has 0 atom stereocenters. The van der Waals surface area contributed by atoms with Crippen LogP contribution in [0.25, 0.3) is 21.8 Å². The van der Waals surface area contributed by atoms with E-state index < -0.39 is 0 Å². The Morgan fingerprint density at radius 1 is 1.04 bits per heavy atom. The van der Waals surface area contributed by atoms with E-state index >= 15 is 0 Å². The third kappa shape index (κ3) is 3.81.